The number of hydrogen-bond acceptors (Lipinski definition) is 4. The van der Waals surface area contributed by atoms with Crippen molar-refractivity contribution in [2.75, 3.05) is 7.05 Å². The Labute approximate surface area is 143 Å². The molecule has 0 N–H and O–H groups in total. The normalized spacial score (nSPS) is 16.7. The van der Waals surface area contributed by atoms with E-state index in [1.54, 1.807) is 17.4 Å². The van der Waals surface area contributed by atoms with Crippen LogP contribution in [0.1, 0.15) is 43.4 Å². The number of sulfonamides is 1. The van der Waals surface area contributed by atoms with Crippen molar-refractivity contribution in [1.82, 2.24) is 9.46 Å². The van der Waals surface area contributed by atoms with Crippen LogP contribution < -0.4 is 0 Å². The van der Waals surface area contributed by atoms with Crippen molar-refractivity contribution in [3.63, 3.8) is 0 Å². The summed E-state index contributed by atoms with van der Waals surface area (Å²) in [4.78, 5) is 0.349. The van der Waals surface area contributed by atoms with Crippen molar-refractivity contribution in [3.8, 4) is 11.3 Å². The van der Waals surface area contributed by atoms with Crippen LogP contribution in [0.5, 0.6) is 0 Å². The van der Waals surface area contributed by atoms with Gasteiger partial charge >= 0.3 is 0 Å². The molecule has 0 saturated heterocycles. The maximum Gasteiger partial charge on any atom is 0.243 e. The summed E-state index contributed by atoms with van der Waals surface area (Å²) in [6, 6.07) is 7.30. The molecule has 0 bridgehead atoms. The molecule has 1 heterocycles. The van der Waals surface area contributed by atoms with Gasteiger partial charge in [0.1, 0.15) is 0 Å². The predicted octanol–water partition coefficient (Wildman–Crippen LogP) is 3.91. The fourth-order valence-corrected chi connectivity index (χ4v) is 4.99. The maximum absolute atomic E-state index is 13.1. The smallest absolute Gasteiger partial charge is 0.243 e. The fourth-order valence-electron chi connectivity index (χ4n) is 3.33. The lowest BCUT2D eigenvalue weighted by Gasteiger charge is -2.30. The molecule has 0 aliphatic heterocycles. The summed E-state index contributed by atoms with van der Waals surface area (Å²) in [5.41, 5.74) is 2.25. The van der Waals surface area contributed by atoms with Gasteiger partial charge in [0.05, 0.1) is 10.6 Å². The van der Waals surface area contributed by atoms with E-state index in [-0.39, 0.29) is 6.04 Å². The molecule has 6 heteroatoms. The van der Waals surface area contributed by atoms with Gasteiger partial charge in [-0.3, -0.25) is 0 Å². The Kier molecular flexibility index (Phi) is 4.78. The van der Waals surface area contributed by atoms with E-state index in [0.29, 0.717) is 10.7 Å². The predicted molar refractivity (Wildman–Crippen MR) is 93.2 cm³/mol. The fraction of sp³-hybridized carbons (Fsp3) is 0.500. The summed E-state index contributed by atoms with van der Waals surface area (Å²) >= 11 is 0. The van der Waals surface area contributed by atoms with Gasteiger partial charge in [-0.1, -0.05) is 36.6 Å². The molecule has 5 nitrogen and oxygen atoms in total. The average molecular weight is 348 g/mol. The summed E-state index contributed by atoms with van der Waals surface area (Å²) < 4.78 is 33.1. The average Bonchev–Trinajstić information content (AvgIpc) is 3.01. The second kappa shape index (κ2) is 6.69. The molecule has 1 aromatic carbocycles. The third-order valence-corrected chi connectivity index (χ3v) is 6.90. The lowest BCUT2D eigenvalue weighted by molar-refractivity contribution is 0.285. The summed E-state index contributed by atoms with van der Waals surface area (Å²) in [5, 5.41) is 3.88. The zero-order valence-electron chi connectivity index (χ0n) is 14.4. The molecule has 1 fully saturated rings. The van der Waals surface area contributed by atoms with Crippen LogP contribution in [-0.4, -0.2) is 31.0 Å². The second-order valence-electron chi connectivity index (χ2n) is 6.63. The van der Waals surface area contributed by atoms with Crippen LogP contribution in [0.15, 0.2) is 33.7 Å². The van der Waals surface area contributed by atoms with E-state index in [4.69, 9.17) is 4.52 Å². The van der Waals surface area contributed by atoms with Crippen LogP contribution in [0.4, 0.5) is 0 Å². The zero-order valence-corrected chi connectivity index (χ0v) is 15.3. The zero-order chi connectivity index (χ0) is 17.3. The highest BCUT2D eigenvalue weighted by Gasteiger charge is 2.30. The summed E-state index contributed by atoms with van der Waals surface area (Å²) in [6.45, 7) is 3.67. The van der Waals surface area contributed by atoms with Crippen molar-refractivity contribution in [1.29, 1.82) is 0 Å². The van der Waals surface area contributed by atoms with Crippen LogP contribution in [0, 0.1) is 13.8 Å². The van der Waals surface area contributed by atoms with E-state index in [1.807, 2.05) is 32.0 Å². The van der Waals surface area contributed by atoms with Crippen molar-refractivity contribution in [2.45, 2.75) is 56.9 Å². The maximum atomic E-state index is 13.1. The molecule has 130 valence electrons. The highest BCUT2D eigenvalue weighted by atomic mass is 32.2. The number of aryl methyl sites for hydroxylation is 2. The van der Waals surface area contributed by atoms with E-state index in [2.05, 4.69) is 5.16 Å². The molecule has 0 atom stereocenters. The van der Waals surface area contributed by atoms with Crippen LogP contribution in [-0.2, 0) is 10.0 Å². The van der Waals surface area contributed by atoms with E-state index in [1.165, 1.54) is 6.42 Å². The summed E-state index contributed by atoms with van der Waals surface area (Å²) in [6.07, 6.45) is 5.27. The Balaban J connectivity index is 1.97. The minimum absolute atomic E-state index is 0.0966. The van der Waals surface area contributed by atoms with Gasteiger partial charge in [0.25, 0.3) is 0 Å². The Bertz CT molecular complexity index is 821. The van der Waals surface area contributed by atoms with Gasteiger partial charge in [0.2, 0.25) is 10.0 Å². The molecule has 1 aliphatic rings. The monoisotopic (exact) mass is 348 g/mol. The Morgan fingerprint density at radius 1 is 1.12 bits per heavy atom. The quantitative estimate of drug-likeness (QED) is 0.840. The molecular formula is C18H24N2O3S. The van der Waals surface area contributed by atoms with Gasteiger partial charge in [0.15, 0.2) is 5.76 Å². The van der Waals surface area contributed by atoms with Gasteiger partial charge in [-0.2, -0.15) is 4.31 Å². The van der Waals surface area contributed by atoms with Crippen LogP contribution in [0.2, 0.25) is 0 Å². The third kappa shape index (κ3) is 3.26. The Hall–Kier alpha value is -1.66. The van der Waals surface area contributed by atoms with Crippen molar-refractivity contribution in [3.05, 3.63) is 35.5 Å². The molecule has 2 aromatic rings. The van der Waals surface area contributed by atoms with E-state index < -0.39 is 10.0 Å². The lowest BCUT2D eigenvalue weighted by atomic mass is 9.96. The first-order valence-corrected chi connectivity index (χ1v) is 9.86. The standard InChI is InChI=1S/C18H24N2O3S/c1-13-9-10-15(17-11-14(2)19-23-17)12-18(13)24(21,22)20(3)16-7-5-4-6-8-16/h9-12,16H,4-8H2,1-3H3. The third-order valence-electron chi connectivity index (χ3n) is 4.85. The first-order chi connectivity index (χ1) is 11.4. The molecule has 0 amide bonds. The van der Waals surface area contributed by atoms with Crippen molar-refractivity contribution >= 4 is 10.0 Å². The highest BCUT2D eigenvalue weighted by molar-refractivity contribution is 7.89. The minimum atomic E-state index is -3.52. The largest absolute Gasteiger partial charge is 0.356 e. The van der Waals surface area contributed by atoms with E-state index in [0.717, 1.165) is 42.5 Å². The van der Waals surface area contributed by atoms with Gasteiger partial charge in [-0.25, -0.2) is 8.42 Å². The van der Waals surface area contributed by atoms with Crippen LogP contribution in [0.3, 0.4) is 0 Å². The molecule has 0 spiro atoms. The first-order valence-electron chi connectivity index (χ1n) is 8.42. The highest BCUT2D eigenvalue weighted by Crippen LogP contribution is 2.30. The lowest BCUT2D eigenvalue weighted by Crippen LogP contribution is -2.38. The first kappa shape index (κ1) is 17.2. The molecular weight excluding hydrogens is 324 g/mol. The summed E-state index contributed by atoms with van der Waals surface area (Å²) in [7, 11) is -1.82. The summed E-state index contributed by atoms with van der Waals surface area (Å²) in [5.74, 6) is 0.587. The number of aromatic nitrogens is 1. The Morgan fingerprint density at radius 2 is 1.83 bits per heavy atom. The van der Waals surface area contributed by atoms with Crippen molar-refractivity contribution < 1.29 is 12.9 Å². The van der Waals surface area contributed by atoms with E-state index in [9.17, 15) is 8.42 Å². The van der Waals surface area contributed by atoms with E-state index >= 15 is 0 Å². The molecule has 0 unspecified atom stereocenters. The molecule has 1 aliphatic carbocycles. The molecule has 0 radical (unpaired) electrons. The van der Waals surface area contributed by atoms with Gasteiger partial charge in [-0.05, 0) is 38.3 Å². The second-order valence-corrected chi connectivity index (χ2v) is 8.59. The molecule has 1 saturated carbocycles. The number of rotatable bonds is 4. The molecule has 1 aromatic heterocycles. The molecule has 3 rings (SSSR count). The minimum Gasteiger partial charge on any atom is -0.356 e. The van der Waals surface area contributed by atoms with Crippen LogP contribution >= 0.6 is 0 Å². The number of nitrogens with zero attached hydrogens (tertiary/aromatic N) is 2. The van der Waals surface area contributed by atoms with Gasteiger partial charge in [0, 0.05) is 24.7 Å². The number of benzene rings is 1. The SMILES string of the molecule is Cc1cc(-c2ccc(C)c(S(=O)(=O)N(C)C3CCCCC3)c2)on1. The topological polar surface area (TPSA) is 63.4 Å². The van der Waals surface area contributed by atoms with Crippen molar-refractivity contribution in [2.24, 2.45) is 0 Å². The van der Waals surface area contributed by atoms with Crippen LogP contribution in [0.25, 0.3) is 11.3 Å². The number of hydrogen-bond donors (Lipinski definition) is 0. The van der Waals surface area contributed by atoms with Gasteiger partial charge in [-0.15, -0.1) is 0 Å². The van der Waals surface area contributed by atoms with Gasteiger partial charge < -0.3 is 4.52 Å². The Morgan fingerprint density at radius 3 is 2.46 bits per heavy atom. The molecule has 24 heavy (non-hydrogen) atoms.